The number of hydrogen-bond acceptors (Lipinski definition) is 3. The van der Waals surface area contributed by atoms with Gasteiger partial charge in [0.2, 0.25) is 0 Å². The highest BCUT2D eigenvalue weighted by molar-refractivity contribution is 5.28. The first-order chi connectivity index (χ1) is 10.2. The van der Waals surface area contributed by atoms with E-state index >= 15 is 0 Å². The highest BCUT2D eigenvalue weighted by Crippen LogP contribution is 2.44. The van der Waals surface area contributed by atoms with Gasteiger partial charge in [-0.15, -0.1) is 13.2 Å². The molecule has 2 aliphatic rings. The van der Waals surface area contributed by atoms with Crippen LogP contribution in [0.1, 0.15) is 18.4 Å². The van der Waals surface area contributed by atoms with Crippen molar-refractivity contribution in [1.29, 1.82) is 0 Å². The summed E-state index contributed by atoms with van der Waals surface area (Å²) in [5.41, 5.74) is 1.07. The van der Waals surface area contributed by atoms with Crippen LogP contribution in [0.2, 0.25) is 0 Å². The molecule has 0 amide bonds. The molecule has 1 N–H and O–H groups in total. The Hall–Kier alpha value is -1.42. The monoisotopic (exact) mass is 285 g/mol. The first kappa shape index (κ1) is 14.5. The van der Waals surface area contributed by atoms with Gasteiger partial charge in [-0.1, -0.05) is 42.5 Å². The molecule has 2 aliphatic heterocycles. The summed E-state index contributed by atoms with van der Waals surface area (Å²) in [5.74, 6) is 0. The van der Waals surface area contributed by atoms with E-state index in [1.807, 2.05) is 18.2 Å². The highest BCUT2D eigenvalue weighted by Gasteiger charge is 2.54. The maximum Gasteiger partial charge on any atom is 0.0991 e. The Balaban J connectivity index is 2.03. The van der Waals surface area contributed by atoms with E-state index in [1.54, 1.807) is 0 Å². The van der Waals surface area contributed by atoms with E-state index in [0.29, 0.717) is 6.61 Å². The summed E-state index contributed by atoms with van der Waals surface area (Å²) in [6.07, 6.45) is 5.15. The number of morpholine rings is 1. The topological polar surface area (TPSA) is 32.7 Å². The van der Waals surface area contributed by atoms with Crippen LogP contribution in [-0.4, -0.2) is 41.4 Å². The van der Waals surface area contributed by atoms with Gasteiger partial charge in [-0.2, -0.15) is 0 Å². The van der Waals surface area contributed by atoms with Gasteiger partial charge in [0.25, 0.3) is 0 Å². The Morgan fingerprint density at radius 1 is 1.24 bits per heavy atom. The van der Waals surface area contributed by atoms with Crippen molar-refractivity contribution in [2.75, 3.05) is 13.2 Å². The van der Waals surface area contributed by atoms with Gasteiger partial charge in [0.1, 0.15) is 0 Å². The molecule has 2 heterocycles. The second kappa shape index (κ2) is 5.76. The van der Waals surface area contributed by atoms with Crippen molar-refractivity contribution in [2.45, 2.75) is 36.6 Å². The average Bonchev–Trinajstić information content (AvgIpc) is 3.03. The largest absolute Gasteiger partial charge is 0.389 e. The molecule has 3 atom stereocenters. The number of hydrogen-bond donors (Lipinski definition) is 1. The first-order valence-electron chi connectivity index (χ1n) is 7.56. The van der Waals surface area contributed by atoms with Gasteiger partial charge in [-0.3, -0.25) is 4.90 Å². The molecule has 2 bridgehead atoms. The van der Waals surface area contributed by atoms with Gasteiger partial charge in [-0.05, 0) is 18.4 Å². The van der Waals surface area contributed by atoms with E-state index in [9.17, 15) is 5.11 Å². The Morgan fingerprint density at radius 3 is 2.38 bits per heavy atom. The van der Waals surface area contributed by atoms with E-state index in [2.05, 4.69) is 42.3 Å². The standard InChI is InChI=1S/C18H23NO2/c1-3-10-18(11-4-2,14-8-6-5-7-9-14)19-12-16-17(20)15(19)13-21-16/h3-9,15-17,20H,1-2,10-13H2/t15-,16-,17-/m0/s1. The second-order valence-corrected chi connectivity index (χ2v) is 5.97. The maximum absolute atomic E-state index is 10.3. The molecule has 0 radical (unpaired) electrons. The zero-order valence-electron chi connectivity index (χ0n) is 12.3. The predicted molar refractivity (Wildman–Crippen MR) is 84.0 cm³/mol. The van der Waals surface area contributed by atoms with Gasteiger partial charge < -0.3 is 9.84 Å². The number of likely N-dealkylation sites (tertiary alicyclic amines) is 1. The zero-order valence-corrected chi connectivity index (χ0v) is 12.3. The Morgan fingerprint density at radius 2 is 1.90 bits per heavy atom. The van der Waals surface area contributed by atoms with E-state index in [1.165, 1.54) is 5.56 Å². The minimum atomic E-state index is -0.386. The second-order valence-electron chi connectivity index (χ2n) is 5.97. The molecule has 2 fully saturated rings. The molecule has 3 nitrogen and oxygen atoms in total. The molecule has 0 spiro atoms. The molecule has 112 valence electrons. The lowest BCUT2D eigenvalue weighted by Crippen LogP contribution is -2.52. The summed E-state index contributed by atoms with van der Waals surface area (Å²) >= 11 is 0. The van der Waals surface area contributed by atoms with Crippen molar-refractivity contribution >= 4 is 0 Å². The smallest absolute Gasteiger partial charge is 0.0991 e. The molecule has 0 aliphatic carbocycles. The van der Waals surface area contributed by atoms with Crippen molar-refractivity contribution < 1.29 is 9.84 Å². The lowest BCUT2D eigenvalue weighted by atomic mass is 9.81. The number of aliphatic hydroxyl groups is 1. The Bertz CT molecular complexity index is 503. The van der Waals surface area contributed by atoms with Gasteiger partial charge in [0.05, 0.1) is 30.4 Å². The van der Waals surface area contributed by atoms with Gasteiger partial charge in [-0.25, -0.2) is 0 Å². The Labute approximate surface area is 126 Å². The van der Waals surface area contributed by atoms with Crippen molar-refractivity contribution in [3.8, 4) is 0 Å². The van der Waals surface area contributed by atoms with Crippen LogP contribution in [0.25, 0.3) is 0 Å². The minimum absolute atomic E-state index is 0.0623. The lowest BCUT2D eigenvalue weighted by molar-refractivity contribution is -0.0272. The fourth-order valence-corrected chi connectivity index (χ4v) is 3.87. The normalized spacial score (nSPS) is 28.7. The number of aliphatic hydroxyl groups excluding tert-OH is 1. The molecule has 0 aromatic heterocycles. The number of ether oxygens (including phenoxy) is 1. The van der Waals surface area contributed by atoms with Gasteiger partial charge in [0.15, 0.2) is 0 Å². The summed E-state index contributed by atoms with van der Waals surface area (Å²) in [6, 6.07) is 10.5. The highest BCUT2D eigenvalue weighted by atomic mass is 16.5. The summed E-state index contributed by atoms with van der Waals surface area (Å²) in [4.78, 5) is 2.41. The predicted octanol–water partition coefficient (Wildman–Crippen LogP) is 2.48. The summed E-state index contributed by atoms with van der Waals surface area (Å²) in [5, 5.41) is 10.3. The van der Waals surface area contributed by atoms with Crippen LogP contribution in [0.5, 0.6) is 0 Å². The third-order valence-corrected chi connectivity index (χ3v) is 4.86. The van der Waals surface area contributed by atoms with E-state index in [0.717, 1.165) is 19.4 Å². The molecular formula is C18H23NO2. The molecule has 1 aromatic carbocycles. The number of nitrogens with zero attached hydrogens (tertiary/aromatic N) is 1. The van der Waals surface area contributed by atoms with Gasteiger partial charge >= 0.3 is 0 Å². The molecular weight excluding hydrogens is 262 g/mol. The fourth-order valence-electron chi connectivity index (χ4n) is 3.87. The summed E-state index contributed by atoms with van der Waals surface area (Å²) in [7, 11) is 0. The molecule has 1 aromatic rings. The SMILES string of the molecule is C=CCC(CC=C)(c1ccccc1)N1C[C@@H]2OC[C@H]1[C@@H]2O. The lowest BCUT2D eigenvalue weighted by Gasteiger charge is -2.45. The third kappa shape index (κ3) is 2.26. The summed E-state index contributed by atoms with van der Waals surface area (Å²) < 4.78 is 5.64. The average molecular weight is 285 g/mol. The van der Waals surface area contributed by atoms with E-state index in [4.69, 9.17) is 4.74 Å². The molecule has 0 unspecified atom stereocenters. The number of fused-ring (bicyclic) bond motifs is 2. The van der Waals surface area contributed by atoms with E-state index in [-0.39, 0.29) is 23.8 Å². The van der Waals surface area contributed by atoms with Gasteiger partial charge in [0, 0.05) is 6.54 Å². The molecule has 2 saturated heterocycles. The van der Waals surface area contributed by atoms with Crippen molar-refractivity contribution in [2.24, 2.45) is 0 Å². The van der Waals surface area contributed by atoms with Crippen LogP contribution >= 0.6 is 0 Å². The quantitative estimate of drug-likeness (QED) is 0.815. The minimum Gasteiger partial charge on any atom is -0.389 e. The summed E-state index contributed by atoms with van der Waals surface area (Å²) in [6.45, 7) is 9.27. The number of benzene rings is 1. The van der Waals surface area contributed by atoms with Crippen LogP contribution in [0.15, 0.2) is 55.6 Å². The zero-order chi connectivity index (χ0) is 14.9. The van der Waals surface area contributed by atoms with Crippen LogP contribution in [-0.2, 0) is 10.3 Å². The van der Waals surface area contributed by atoms with Crippen molar-refractivity contribution in [1.82, 2.24) is 4.90 Å². The van der Waals surface area contributed by atoms with E-state index < -0.39 is 0 Å². The molecule has 21 heavy (non-hydrogen) atoms. The maximum atomic E-state index is 10.3. The van der Waals surface area contributed by atoms with Crippen LogP contribution in [0, 0.1) is 0 Å². The van der Waals surface area contributed by atoms with Crippen molar-refractivity contribution in [3.05, 3.63) is 61.2 Å². The third-order valence-electron chi connectivity index (χ3n) is 4.86. The fraction of sp³-hybridized carbons (Fsp3) is 0.444. The number of rotatable bonds is 6. The van der Waals surface area contributed by atoms with Crippen LogP contribution in [0.4, 0.5) is 0 Å². The van der Waals surface area contributed by atoms with Crippen LogP contribution in [0.3, 0.4) is 0 Å². The molecule has 0 saturated carbocycles. The van der Waals surface area contributed by atoms with Crippen LogP contribution < -0.4 is 0 Å². The molecule has 3 rings (SSSR count). The molecule has 3 heteroatoms. The first-order valence-corrected chi connectivity index (χ1v) is 7.56. The Kier molecular flexibility index (Phi) is 3.98. The van der Waals surface area contributed by atoms with Crippen molar-refractivity contribution in [3.63, 3.8) is 0 Å².